The van der Waals surface area contributed by atoms with Gasteiger partial charge in [0.05, 0.1) is 5.56 Å². The van der Waals surface area contributed by atoms with Crippen LogP contribution < -0.4 is 15.8 Å². The topological polar surface area (TPSA) is 138 Å². The number of benzene rings is 2. The molecule has 9 heteroatoms. The summed E-state index contributed by atoms with van der Waals surface area (Å²) in [6, 6.07) is 19.5. The van der Waals surface area contributed by atoms with Crippen molar-refractivity contribution < 1.29 is 28.7 Å². The monoisotopic (exact) mass is 489 g/mol. The molecule has 1 heterocycles. The number of hydrogen-bond donors (Lipinski definition) is 2. The number of esters is 2. The minimum atomic E-state index is -1.07. The Bertz CT molecular complexity index is 1210. The third-order valence-corrected chi connectivity index (χ3v) is 5.42. The Kier molecular flexibility index (Phi) is 8.51. The van der Waals surface area contributed by atoms with Gasteiger partial charge >= 0.3 is 11.9 Å². The van der Waals surface area contributed by atoms with Crippen molar-refractivity contribution in [3.8, 4) is 5.75 Å². The van der Waals surface area contributed by atoms with Gasteiger partial charge in [0.2, 0.25) is 0 Å². The van der Waals surface area contributed by atoms with Gasteiger partial charge in [0, 0.05) is 19.0 Å². The smallest absolute Gasteiger partial charge is 0.328 e. The number of pyridine rings is 1. The lowest BCUT2D eigenvalue weighted by Crippen LogP contribution is -2.42. The molecule has 2 amide bonds. The van der Waals surface area contributed by atoms with E-state index < -0.39 is 35.9 Å². The molecule has 1 aromatic heterocycles. The SMILES string of the molecule is CC(=O)Oc1c(C(N)=O)ccnc1C(=O)N[C@@H](C)C(=O)OC(C)C(c1ccccc1)c1ccccc1. The van der Waals surface area contributed by atoms with Crippen LogP contribution in [0.25, 0.3) is 0 Å². The number of rotatable bonds is 9. The Labute approximate surface area is 208 Å². The van der Waals surface area contributed by atoms with E-state index in [1.54, 1.807) is 6.92 Å². The van der Waals surface area contributed by atoms with Gasteiger partial charge in [-0.05, 0) is 31.0 Å². The van der Waals surface area contributed by atoms with Gasteiger partial charge in [0.1, 0.15) is 12.1 Å². The summed E-state index contributed by atoms with van der Waals surface area (Å²) in [6.07, 6.45) is 0.617. The van der Waals surface area contributed by atoms with Crippen LogP contribution in [0, 0.1) is 0 Å². The number of nitrogens with zero attached hydrogens (tertiary/aromatic N) is 1. The summed E-state index contributed by atoms with van der Waals surface area (Å²) < 4.78 is 10.8. The summed E-state index contributed by atoms with van der Waals surface area (Å²) in [5.41, 5.74) is 6.71. The predicted octanol–water partition coefficient (Wildman–Crippen LogP) is 2.99. The highest BCUT2D eigenvalue weighted by Gasteiger charge is 2.29. The summed E-state index contributed by atoms with van der Waals surface area (Å²) in [5.74, 6) is -3.80. The first-order chi connectivity index (χ1) is 17.2. The van der Waals surface area contributed by atoms with Crippen molar-refractivity contribution in [3.05, 3.63) is 95.3 Å². The molecule has 186 valence electrons. The second-order valence-corrected chi connectivity index (χ2v) is 8.13. The molecule has 0 bridgehead atoms. The molecule has 3 N–H and O–H groups in total. The molecule has 2 atom stereocenters. The molecule has 0 aliphatic carbocycles. The number of amides is 2. The average Bonchev–Trinajstić information content (AvgIpc) is 2.85. The van der Waals surface area contributed by atoms with Crippen molar-refractivity contribution >= 4 is 23.8 Å². The molecule has 0 radical (unpaired) electrons. The fourth-order valence-electron chi connectivity index (χ4n) is 3.78. The van der Waals surface area contributed by atoms with Crippen molar-refractivity contribution in [3.63, 3.8) is 0 Å². The fourth-order valence-corrected chi connectivity index (χ4v) is 3.78. The second-order valence-electron chi connectivity index (χ2n) is 8.13. The third-order valence-electron chi connectivity index (χ3n) is 5.42. The lowest BCUT2D eigenvalue weighted by Gasteiger charge is -2.26. The summed E-state index contributed by atoms with van der Waals surface area (Å²) in [6.45, 7) is 4.35. The van der Waals surface area contributed by atoms with E-state index in [1.165, 1.54) is 19.2 Å². The summed E-state index contributed by atoms with van der Waals surface area (Å²) in [4.78, 5) is 52.9. The molecule has 3 rings (SSSR count). The molecule has 0 spiro atoms. The van der Waals surface area contributed by atoms with E-state index in [0.717, 1.165) is 18.1 Å². The van der Waals surface area contributed by atoms with Gasteiger partial charge in [-0.2, -0.15) is 0 Å². The van der Waals surface area contributed by atoms with Gasteiger partial charge < -0.3 is 20.5 Å². The zero-order valence-electron chi connectivity index (χ0n) is 20.1. The molecule has 0 fully saturated rings. The largest absolute Gasteiger partial charge is 0.460 e. The van der Waals surface area contributed by atoms with E-state index >= 15 is 0 Å². The normalized spacial score (nSPS) is 12.3. The van der Waals surface area contributed by atoms with E-state index in [9.17, 15) is 19.2 Å². The van der Waals surface area contributed by atoms with Gasteiger partial charge in [-0.3, -0.25) is 14.4 Å². The lowest BCUT2D eigenvalue weighted by atomic mass is 9.87. The molecular weight excluding hydrogens is 462 g/mol. The number of nitrogens with one attached hydrogen (secondary N) is 1. The van der Waals surface area contributed by atoms with Crippen molar-refractivity contribution in [1.29, 1.82) is 0 Å². The quantitative estimate of drug-likeness (QED) is 0.441. The lowest BCUT2D eigenvalue weighted by molar-refractivity contribution is -0.150. The van der Waals surface area contributed by atoms with Gasteiger partial charge in [-0.15, -0.1) is 0 Å². The minimum Gasteiger partial charge on any atom is -0.460 e. The third kappa shape index (κ3) is 6.32. The molecule has 0 saturated heterocycles. The first kappa shape index (κ1) is 26.1. The molecule has 3 aromatic rings. The van der Waals surface area contributed by atoms with Crippen LogP contribution in [0.15, 0.2) is 72.9 Å². The molecule has 0 aliphatic heterocycles. The highest BCUT2D eigenvalue weighted by atomic mass is 16.5. The Morgan fingerprint density at radius 2 is 1.44 bits per heavy atom. The van der Waals surface area contributed by atoms with Crippen LogP contribution in [0.3, 0.4) is 0 Å². The average molecular weight is 490 g/mol. The Balaban J connectivity index is 1.78. The van der Waals surface area contributed by atoms with Crippen LogP contribution in [0.5, 0.6) is 5.75 Å². The maximum absolute atomic E-state index is 12.9. The fraction of sp³-hybridized carbons (Fsp3) is 0.222. The van der Waals surface area contributed by atoms with Crippen molar-refractivity contribution in [2.75, 3.05) is 0 Å². The zero-order chi connectivity index (χ0) is 26.2. The second kappa shape index (κ2) is 11.7. The van der Waals surface area contributed by atoms with E-state index in [2.05, 4.69) is 10.3 Å². The van der Waals surface area contributed by atoms with Crippen LogP contribution in [0.1, 0.15) is 58.7 Å². The summed E-state index contributed by atoms with van der Waals surface area (Å²) in [7, 11) is 0. The van der Waals surface area contributed by atoms with Crippen molar-refractivity contribution in [1.82, 2.24) is 10.3 Å². The van der Waals surface area contributed by atoms with Crippen molar-refractivity contribution in [2.24, 2.45) is 5.73 Å². The number of hydrogen-bond acceptors (Lipinski definition) is 7. The molecule has 0 saturated carbocycles. The van der Waals surface area contributed by atoms with E-state index in [1.807, 2.05) is 60.7 Å². The first-order valence-electron chi connectivity index (χ1n) is 11.3. The highest BCUT2D eigenvalue weighted by Crippen LogP contribution is 2.30. The number of ether oxygens (including phenoxy) is 2. The first-order valence-corrected chi connectivity index (χ1v) is 11.3. The molecular formula is C27H27N3O6. The highest BCUT2D eigenvalue weighted by molar-refractivity contribution is 6.03. The van der Waals surface area contributed by atoms with Gasteiger partial charge in [-0.25, -0.2) is 9.78 Å². The van der Waals surface area contributed by atoms with Gasteiger partial charge in [0.25, 0.3) is 11.8 Å². The molecule has 2 aromatic carbocycles. The Morgan fingerprint density at radius 1 is 0.889 bits per heavy atom. The minimum absolute atomic E-state index is 0.192. The summed E-state index contributed by atoms with van der Waals surface area (Å²) in [5, 5.41) is 2.48. The molecule has 9 nitrogen and oxygen atoms in total. The maximum atomic E-state index is 12.9. The molecule has 1 unspecified atom stereocenters. The predicted molar refractivity (Wildman–Crippen MR) is 131 cm³/mol. The molecule has 0 aliphatic rings. The van der Waals surface area contributed by atoms with Crippen molar-refractivity contribution in [2.45, 2.75) is 38.8 Å². The summed E-state index contributed by atoms with van der Waals surface area (Å²) >= 11 is 0. The van der Waals surface area contributed by atoms with E-state index in [-0.39, 0.29) is 22.9 Å². The van der Waals surface area contributed by atoms with Gasteiger partial charge in [-0.1, -0.05) is 60.7 Å². The maximum Gasteiger partial charge on any atom is 0.328 e. The number of carbonyl (C=O) groups excluding carboxylic acids is 4. The van der Waals surface area contributed by atoms with Crippen LogP contribution in [-0.2, 0) is 14.3 Å². The standard InChI is InChI=1S/C27H27N3O6/c1-16(30-26(33)23-24(36-18(3)31)21(25(28)32)14-15-29-23)27(34)35-17(2)22(19-10-6-4-7-11-19)20-12-8-5-9-13-20/h4-17,22H,1-3H3,(H2,28,32)(H,30,33)/t16-,17?/m0/s1. The van der Waals surface area contributed by atoms with Crippen LogP contribution >= 0.6 is 0 Å². The van der Waals surface area contributed by atoms with Gasteiger partial charge in [0.15, 0.2) is 11.4 Å². The molecule has 36 heavy (non-hydrogen) atoms. The van der Waals surface area contributed by atoms with Crippen LogP contribution in [0.4, 0.5) is 0 Å². The number of aromatic nitrogens is 1. The van der Waals surface area contributed by atoms with E-state index in [0.29, 0.717) is 0 Å². The number of primary amides is 1. The Morgan fingerprint density at radius 3 is 1.94 bits per heavy atom. The zero-order valence-corrected chi connectivity index (χ0v) is 20.1. The number of carbonyl (C=O) groups is 4. The van der Waals surface area contributed by atoms with Crippen LogP contribution in [0.2, 0.25) is 0 Å². The van der Waals surface area contributed by atoms with Crippen LogP contribution in [-0.4, -0.2) is 40.9 Å². The Hall–Kier alpha value is -4.53. The van der Waals surface area contributed by atoms with E-state index in [4.69, 9.17) is 15.2 Å². The number of nitrogens with two attached hydrogens (primary N) is 1.